The maximum absolute atomic E-state index is 12.0. The van der Waals surface area contributed by atoms with Gasteiger partial charge in [-0.15, -0.1) is 11.3 Å². The highest BCUT2D eigenvalue weighted by Crippen LogP contribution is 2.30. The molecule has 1 aliphatic heterocycles. The third kappa shape index (κ3) is 5.51. The minimum absolute atomic E-state index is 0.0319. The van der Waals surface area contributed by atoms with Crippen molar-refractivity contribution < 1.29 is 27.5 Å². The minimum Gasteiger partial charge on any atom is -0.452 e. The summed E-state index contributed by atoms with van der Waals surface area (Å²) in [6.07, 6.45) is 2.92. The summed E-state index contributed by atoms with van der Waals surface area (Å²) >= 11 is 7.45. The van der Waals surface area contributed by atoms with Crippen molar-refractivity contribution in [2.75, 3.05) is 23.4 Å². The van der Waals surface area contributed by atoms with Crippen LogP contribution in [0.3, 0.4) is 0 Å². The maximum Gasteiger partial charge on any atom is 0.331 e. The summed E-state index contributed by atoms with van der Waals surface area (Å²) in [5, 5.41) is 8.83. The van der Waals surface area contributed by atoms with Crippen LogP contribution in [0.15, 0.2) is 17.5 Å². The van der Waals surface area contributed by atoms with E-state index >= 15 is 0 Å². The molecule has 1 atom stereocenters. The molecule has 2 amide bonds. The second-order valence-electron chi connectivity index (χ2n) is 6.81. The summed E-state index contributed by atoms with van der Waals surface area (Å²) in [6.45, 7) is 1.12. The van der Waals surface area contributed by atoms with Crippen LogP contribution in [0.1, 0.15) is 34.1 Å². The van der Waals surface area contributed by atoms with Gasteiger partial charge in [-0.25, -0.2) is 17.9 Å². The van der Waals surface area contributed by atoms with Crippen LogP contribution in [-0.2, 0) is 24.2 Å². The van der Waals surface area contributed by atoms with E-state index in [0.717, 1.165) is 17.4 Å². The molecule has 13 heteroatoms. The van der Waals surface area contributed by atoms with Gasteiger partial charge in [0.2, 0.25) is 0 Å². The zero-order valence-electron chi connectivity index (χ0n) is 16.3. The monoisotopic (exact) mass is 486 g/mol. The smallest absolute Gasteiger partial charge is 0.331 e. The Morgan fingerprint density at radius 3 is 2.84 bits per heavy atom. The Morgan fingerprint density at radius 1 is 1.45 bits per heavy atom. The number of aromatic nitrogens is 2. The summed E-state index contributed by atoms with van der Waals surface area (Å²) in [5.74, 6) is -2.05. The van der Waals surface area contributed by atoms with Crippen LogP contribution < -0.4 is 11.1 Å². The van der Waals surface area contributed by atoms with Gasteiger partial charge in [0.25, 0.3) is 11.8 Å². The van der Waals surface area contributed by atoms with Crippen LogP contribution in [0.4, 0.5) is 5.00 Å². The molecule has 1 saturated heterocycles. The highest BCUT2D eigenvalue weighted by molar-refractivity contribution is 7.91. The summed E-state index contributed by atoms with van der Waals surface area (Å²) in [7, 11) is -3.11. The van der Waals surface area contributed by atoms with Crippen molar-refractivity contribution in [3.05, 3.63) is 39.5 Å². The van der Waals surface area contributed by atoms with Gasteiger partial charge < -0.3 is 15.8 Å². The Morgan fingerprint density at radius 2 is 2.19 bits per heavy atom. The van der Waals surface area contributed by atoms with Gasteiger partial charge in [0.05, 0.1) is 28.8 Å². The number of hydrogen-bond donors (Lipinski definition) is 2. The van der Waals surface area contributed by atoms with Gasteiger partial charge >= 0.3 is 5.97 Å². The third-order valence-electron chi connectivity index (χ3n) is 4.54. The molecule has 1 aliphatic rings. The van der Waals surface area contributed by atoms with E-state index in [2.05, 4.69) is 10.4 Å². The predicted molar refractivity (Wildman–Crippen MR) is 116 cm³/mol. The number of nitrogens with zero attached hydrogens (tertiary/aromatic N) is 2. The van der Waals surface area contributed by atoms with Gasteiger partial charge in [0.15, 0.2) is 16.4 Å². The molecule has 0 spiro atoms. The Bertz CT molecular complexity index is 1170. The molecule has 2 aromatic heterocycles. The number of aryl methyl sites for hydroxylation is 1. The number of sulfone groups is 1. The van der Waals surface area contributed by atoms with Gasteiger partial charge in [-0.3, -0.25) is 9.59 Å². The van der Waals surface area contributed by atoms with E-state index in [9.17, 15) is 22.8 Å². The topological polar surface area (TPSA) is 150 Å². The van der Waals surface area contributed by atoms with E-state index in [-0.39, 0.29) is 33.3 Å². The third-order valence-corrected chi connectivity index (χ3v) is 7.50. The molecule has 10 nitrogen and oxygen atoms in total. The number of rotatable bonds is 7. The molecule has 0 radical (unpaired) electrons. The average Bonchev–Trinajstić information content (AvgIpc) is 3.36. The largest absolute Gasteiger partial charge is 0.452 e. The van der Waals surface area contributed by atoms with Crippen molar-refractivity contribution in [1.82, 2.24) is 9.78 Å². The van der Waals surface area contributed by atoms with E-state index in [1.807, 2.05) is 0 Å². The molecular formula is C18H19ClN4O6S2. The van der Waals surface area contributed by atoms with Crippen LogP contribution in [-0.4, -0.2) is 54.1 Å². The number of carbonyl (C=O) groups excluding carboxylic acids is 3. The molecule has 2 aromatic rings. The van der Waals surface area contributed by atoms with Crippen LogP contribution >= 0.6 is 22.9 Å². The number of esters is 1. The van der Waals surface area contributed by atoms with Crippen molar-refractivity contribution in [1.29, 1.82) is 0 Å². The number of primary amides is 1. The van der Waals surface area contributed by atoms with Crippen molar-refractivity contribution in [3.63, 3.8) is 0 Å². The molecule has 166 valence electrons. The van der Waals surface area contributed by atoms with Gasteiger partial charge in [-0.2, -0.15) is 5.10 Å². The van der Waals surface area contributed by atoms with Gasteiger partial charge in [-0.1, -0.05) is 11.6 Å². The quantitative estimate of drug-likeness (QED) is 0.445. The van der Waals surface area contributed by atoms with Crippen molar-refractivity contribution in [2.45, 2.75) is 19.4 Å². The maximum atomic E-state index is 12.0. The first-order valence-electron chi connectivity index (χ1n) is 9.04. The molecule has 3 N–H and O–H groups in total. The molecular weight excluding hydrogens is 468 g/mol. The number of ether oxygens (including phenoxy) is 1. The fourth-order valence-corrected chi connectivity index (χ4v) is 5.91. The molecule has 0 bridgehead atoms. The normalized spacial score (nSPS) is 17.7. The lowest BCUT2D eigenvalue weighted by atomic mass is 10.2. The molecule has 3 heterocycles. The van der Waals surface area contributed by atoms with Gasteiger partial charge in [0.1, 0.15) is 10.2 Å². The zero-order chi connectivity index (χ0) is 22.8. The standard InChI is InChI=1S/C18H19ClN4O6S2/c1-10-12(16(19)23(22-10)11-5-7-31(27,28)9-11)2-3-15(25)29-8-14(24)21-18-13(17(20)26)4-6-30-18/h2-4,6,11H,5,7-9H2,1H3,(H2,20,26)(H,21,24)/b3-2+. The molecule has 0 aromatic carbocycles. The van der Waals surface area contributed by atoms with Gasteiger partial charge in [-0.05, 0) is 30.9 Å². The second-order valence-corrected chi connectivity index (χ2v) is 10.3. The van der Waals surface area contributed by atoms with Crippen molar-refractivity contribution in [2.24, 2.45) is 5.73 Å². The first kappa shape index (κ1) is 23.0. The Hall–Kier alpha value is -2.70. The zero-order valence-corrected chi connectivity index (χ0v) is 18.7. The van der Waals surface area contributed by atoms with E-state index in [4.69, 9.17) is 22.1 Å². The minimum atomic E-state index is -3.11. The fourth-order valence-electron chi connectivity index (χ4n) is 3.03. The number of amides is 2. The number of halogens is 1. The van der Waals surface area contributed by atoms with Crippen LogP contribution in [0.5, 0.6) is 0 Å². The van der Waals surface area contributed by atoms with E-state index in [0.29, 0.717) is 17.7 Å². The molecule has 0 saturated carbocycles. The summed E-state index contributed by atoms with van der Waals surface area (Å²) in [5.41, 5.74) is 6.35. The van der Waals surface area contributed by atoms with Crippen LogP contribution in [0.25, 0.3) is 6.08 Å². The van der Waals surface area contributed by atoms with Crippen LogP contribution in [0.2, 0.25) is 5.15 Å². The van der Waals surface area contributed by atoms with E-state index in [1.54, 1.807) is 12.3 Å². The first-order valence-corrected chi connectivity index (χ1v) is 12.1. The van der Waals surface area contributed by atoms with Crippen molar-refractivity contribution in [3.8, 4) is 0 Å². The van der Waals surface area contributed by atoms with Crippen LogP contribution in [0, 0.1) is 6.92 Å². The molecule has 1 unspecified atom stereocenters. The van der Waals surface area contributed by atoms with Gasteiger partial charge in [0, 0.05) is 11.6 Å². The lowest BCUT2D eigenvalue weighted by Crippen LogP contribution is -2.21. The van der Waals surface area contributed by atoms with Crippen molar-refractivity contribution >= 4 is 61.6 Å². The lowest BCUT2D eigenvalue weighted by Gasteiger charge is -2.09. The molecule has 31 heavy (non-hydrogen) atoms. The number of hydrogen-bond acceptors (Lipinski definition) is 8. The Labute approximate surface area is 186 Å². The summed E-state index contributed by atoms with van der Waals surface area (Å²) < 4.78 is 29.7. The SMILES string of the molecule is Cc1nn(C2CCS(=O)(=O)C2)c(Cl)c1/C=C/C(=O)OCC(=O)Nc1sccc1C(N)=O. The average molecular weight is 487 g/mol. The predicted octanol–water partition coefficient (Wildman–Crippen LogP) is 1.56. The molecule has 1 fully saturated rings. The number of anilines is 1. The Kier molecular flexibility index (Phi) is 6.82. The number of carbonyl (C=O) groups is 3. The van der Waals surface area contributed by atoms with E-state index in [1.165, 1.54) is 16.8 Å². The molecule has 0 aliphatic carbocycles. The second kappa shape index (κ2) is 9.20. The Balaban J connectivity index is 1.58. The lowest BCUT2D eigenvalue weighted by molar-refractivity contribution is -0.142. The number of nitrogens with one attached hydrogen (secondary N) is 1. The highest BCUT2D eigenvalue weighted by Gasteiger charge is 2.31. The highest BCUT2D eigenvalue weighted by atomic mass is 35.5. The van der Waals surface area contributed by atoms with E-state index < -0.39 is 34.2 Å². The summed E-state index contributed by atoms with van der Waals surface area (Å²) in [6, 6.07) is 1.13. The number of thiophene rings is 1. The first-order chi connectivity index (χ1) is 14.6. The number of nitrogens with two attached hydrogens (primary N) is 1. The fraction of sp³-hybridized carbons (Fsp3) is 0.333. The summed E-state index contributed by atoms with van der Waals surface area (Å²) in [4.78, 5) is 35.2. The molecule has 3 rings (SSSR count).